The van der Waals surface area contributed by atoms with Gasteiger partial charge in [0.25, 0.3) is 0 Å². The van der Waals surface area contributed by atoms with Crippen LogP contribution in [0.3, 0.4) is 0 Å². The van der Waals surface area contributed by atoms with Crippen molar-refractivity contribution in [1.29, 1.82) is 0 Å². The minimum atomic E-state index is -0.423. The quantitative estimate of drug-likeness (QED) is 0.736. The summed E-state index contributed by atoms with van der Waals surface area (Å²) in [5.41, 5.74) is 0.383. The second-order valence-electron chi connectivity index (χ2n) is 4.40. The topological polar surface area (TPSA) is 68.7 Å². The zero-order valence-electron chi connectivity index (χ0n) is 12.3. The molecule has 110 valence electrons. The lowest BCUT2D eigenvalue weighted by Crippen LogP contribution is -2.31. The van der Waals surface area contributed by atoms with E-state index in [4.69, 9.17) is 4.74 Å². The molecule has 0 saturated heterocycles. The molecule has 1 unspecified atom stereocenters. The average molecular weight is 280 g/mol. The van der Waals surface area contributed by atoms with Gasteiger partial charge in [-0.1, -0.05) is 6.92 Å². The predicted octanol–water partition coefficient (Wildman–Crippen LogP) is 1.50. The Kier molecular flexibility index (Phi) is 5.96. The Hall–Kier alpha value is -2.11. The maximum Gasteiger partial charge on any atom is 0.341 e. The molecule has 0 aliphatic rings. The third kappa shape index (κ3) is 3.94. The third-order valence-corrected chi connectivity index (χ3v) is 2.79. The number of anilines is 1. The van der Waals surface area contributed by atoms with Crippen molar-refractivity contribution >= 4 is 17.8 Å². The van der Waals surface area contributed by atoms with Crippen molar-refractivity contribution in [2.45, 2.75) is 13.8 Å². The van der Waals surface area contributed by atoms with E-state index in [-0.39, 0.29) is 11.9 Å². The van der Waals surface area contributed by atoms with Crippen LogP contribution in [0.15, 0.2) is 18.3 Å². The van der Waals surface area contributed by atoms with Gasteiger partial charge in [-0.05, 0) is 19.1 Å². The van der Waals surface area contributed by atoms with Crippen molar-refractivity contribution in [2.75, 3.05) is 32.2 Å². The Morgan fingerprint density at radius 3 is 2.75 bits per heavy atom. The first-order valence-corrected chi connectivity index (χ1v) is 6.42. The number of methoxy groups -OCH3 is 1. The number of esters is 2. The highest BCUT2D eigenvalue weighted by molar-refractivity contribution is 5.94. The third-order valence-electron chi connectivity index (χ3n) is 2.79. The monoisotopic (exact) mass is 280 g/mol. The number of rotatable bonds is 6. The van der Waals surface area contributed by atoms with Gasteiger partial charge in [0.1, 0.15) is 11.4 Å². The molecule has 0 aromatic carbocycles. The molecule has 0 spiro atoms. The molecule has 0 aliphatic heterocycles. The molecule has 0 fully saturated rings. The van der Waals surface area contributed by atoms with Crippen LogP contribution in [0.1, 0.15) is 24.2 Å². The van der Waals surface area contributed by atoms with Crippen LogP contribution in [0.4, 0.5) is 5.82 Å². The minimum Gasteiger partial charge on any atom is -0.469 e. The number of ether oxygens (including phenoxy) is 2. The van der Waals surface area contributed by atoms with E-state index in [1.165, 1.54) is 7.11 Å². The Morgan fingerprint density at radius 2 is 2.15 bits per heavy atom. The van der Waals surface area contributed by atoms with Crippen LogP contribution in [0, 0.1) is 5.92 Å². The van der Waals surface area contributed by atoms with Crippen molar-refractivity contribution in [3.63, 3.8) is 0 Å². The molecule has 6 nitrogen and oxygen atoms in total. The van der Waals surface area contributed by atoms with E-state index in [9.17, 15) is 9.59 Å². The number of pyridine rings is 1. The standard InChI is InChI=1S/C14H20N2O4/c1-5-20-14(18)11-7-6-8-15-12(11)16(3)9-10(2)13(17)19-4/h6-8,10H,5,9H2,1-4H3. The van der Waals surface area contributed by atoms with Gasteiger partial charge < -0.3 is 14.4 Å². The fraction of sp³-hybridized carbons (Fsp3) is 0.500. The molecule has 1 rings (SSSR count). The van der Waals surface area contributed by atoms with Crippen LogP contribution in [-0.4, -0.2) is 44.2 Å². The van der Waals surface area contributed by atoms with Crippen LogP contribution in [0.2, 0.25) is 0 Å². The number of nitrogens with zero attached hydrogens (tertiary/aromatic N) is 2. The Morgan fingerprint density at radius 1 is 1.45 bits per heavy atom. The fourth-order valence-electron chi connectivity index (χ4n) is 1.84. The lowest BCUT2D eigenvalue weighted by Gasteiger charge is -2.22. The summed E-state index contributed by atoms with van der Waals surface area (Å²) in [6.07, 6.45) is 1.59. The van der Waals surface area contributed by atoms with E-state index in [1.807, 2.05) is 0 Å². The molecule has 0 aliphatic carbocycles. The summed E-state index contributed by atoms with van der Waals surface area (Å²) >= 11 is 0. The van der Waals surface area contributed by atoms with Gasteiger partial charge in [-0.2, -0.15) is 0 Å². The Balaban J connectivity index is 2.90. The summed E-state index contributed by atoms with van der Waals surface area (Å²) in [6.45, 7) is 4.21. The van der Waals surface area contributed by atoms with Crippen LogP contribution in [0.25, 0.3) is 0 Å². The molecule has 0 N–H and O–H groups in total. The summed E-state index contributed by atoms with van der Waals surface area (Å²) < 4.78 is 9.68. The minimum absolute atomic E-state index is 0.300. The lowest BCUT2D eigenvalue weighted by molar-refractivity contribution is -0.144. The Labute approximate surface area is 118 Å². The van der Waals surface area contributed by atoms with Gasteiger partial charge in [0.15, 0.2) is 0 Å². The zero-order chi connectivity index (χ0) is 15.1. The summed E-state index contributed by atoms with van der Waals surface area (Å²) in [4.78, 5) is 29.2. The van der Waals surface area contributed by atoms with Gasteiger partial charge in [0, 0.05) is 19.8 Å². The first-order valence-electron chi connectivity index (χ1n) is 6.42. The highest BCUT2D eigenvalue weighted by atomic mass is 16.5. The first kappa shape index (κ1) is 15.9. The van der Waals surface area contributed by atoms with Crippen LogP contribution in [0.5, 0.6) is 0 Å². The summed E-state index contributed by atoms with van der Waals surface area (Å²) in [7, 11) is 3.12. The summed E-state index contributed by atoms with van der Waals surface area (Å²) in [5, 5.41) is 0. The SMILES string of the molecule is CCOC(=O)c1cccnc1N(C)CC(C)C(=O)OC. The molecule has 1 heterocycles. The van der Waals surface area contributed by atoms with Crippen molar-refractivity contribution in [1.82, 2.24) is 4.98 Å². The molecule has 0 saturated carbocycles. The predicted molar refractivity (Wildman–Crippen MR) is 74.6 cm³/mol. The molecule has 1 aromatic rings. The van der Waals surface area contributed by atoms with E-state index in [0.717, 1.165) is 0 Å². The van der Waals surface area contributed by atoms with Gasteiger partial charge >= 0.3 is 11.9 Å². The Bertz CT molecular complexity index is 476. The molecule has 0 bridgehead atoms. The normalized spacial score (nSPS) is 11.6. The first-order chi connectivity index (χ1) is 9.51. The second-order valence-corrected chi connectivity index (χ2v) is 4.40. The zero-order valence-corrected chi connectivity index (χ0v) is 12.3. The molecule has 1 atom stereocenters. The number of hydrogen-bond donors (Lipinski definition) is 0. The van der Waals surface area contributed by atoms with Gasteiger partial charge in [-0.3, -0.25) is 4.79 Å². The van der Waals surface area contributed by atoms with E-state index < -0.39 is 5.97 Å². The van der Waals surface area contributed by atoms with E-state index in [1.54, 1.807) is 44.1 Å². The number of carbonyl (C=O) groups is 2. The molecular weight excluding hydrogens is 260 g/mol. The van der Waals surface area contributed by atoms with Gasteiger partial charge in [0.05, 0.1) is 19.6 Å². The molecule has 0 amide bonds. The molecule has 6 heteroatoms. The van der Waals surface area contributed by atoms with Gasteiger partial charge in [-0.15, -0.1) is 0 Å². The fourth-order valence-corrected chi connectivity index (χ4v) is 1.84. The number of aromatic nitrogens is 1. The molecule has 1 aromatic heterocycles. The van der Waals surface area contributed by atoms with E-state index in [2.05, 4.69) is 9.72 Å². The summed E-state index contributed by atoms with van der Waals surface area (Å²) in [6, 6.07) is 3.33. The van der Waals surface area contributed by atoms with E-state index in [0.29, 0.717) is 24.5 Å². The second kappa shape index (κ2) is 7.47. The van der Waals surface area contributed by atoms with E-state index >= 15 is 0 Å². The molecule has 0 radical (unpaired) electrons. The van der Waals surface area contributed by atoms with Crippen LogP contribution in [-0.2, 0) is 14.3 Å². The molecular formula is C14H20N2O4. The molecule has 20 heavy (non-hydrogen) atoms. The highest BCUT2D eigenvalue weighted by Gasteiger charge is 2.20. The average Bonchev–Trinajstić information content (AvgIpc) is 2.46. The smallest absolute Gasteiger partial charge is 0.341 e. The van der Waals surface area contributed by atoms with Gasteiger partial charge in [-0.25, -0.2) is 9.78 Å². The lowest BCUT2D eigenvalue weighted by atomic mass is 10.1. The number of hydrogen-bond acceptors (Lipinski definition) is 6. The van der Waals surface area contributed by atoms with Crippen LogP contribution < -0.4 is 4.90 Å². The largest absolute Gasteiger partial charge is 0.469 e. The maximum absolute atomic E-state index is 11.9. The van der Waals surface area contributed by atoms with Crippen molar-refractivity contribution in [3.05, 3.63) is 23.9 Å². The van der Waals surface area contributed by atoms with Crippen LogP contribution >= 0.6 is 0 Å². The van der Waals surface area contributed by atoms with Crippen molar-refractivity contribution < 1.29 is 19.1 Å². The number of carbonyl (C=O) groups excluding carboxylic acids is 2. The maximum atomic E-state index is 11.9. The van der Waals surface area contributed by atoms with Crippen molar-refractivity contribution in [2.24, 2.45) is 5.92 Å². The van der Waals surface area contributed by atoms with Crippen molar-refractivity contribution in [3.8, 4) is 0 Å². The summed E-state index contributed by atoms with van der Waals surface area (Å²) in [5.74, 6) is -0.553. The highest BCUT2D eigenvalue weighted by Crippen LogP contribution is 2.18. The van der Waals surface area contributed by atoms with Gasteiger partial charge in [0.2, 0.25) is 0 Å².